The molecule has 0 aromatic heterocycles. The molecule has 0 amide bonds. The predicted octanol–water partition coefficient (Wildman–Crippen LogP) is 6.14. The summed E-state index contributed by atoms with van der Waals surface area (Å²) in [6.07, 6.45) is 12.4. The van der Waals surface area contributed by atoms with Crippen molar-refractivity contribution in [3.05, 3.63) is 35.5 Å². The summed E-state index contributed by atoms with van der Waals surface area (Å²) in [5.41, 5.74) is 5.40. The summed E-state index contributed by atoms with van der Waals surface area (Å²) in [6, 6.07) is 9.43. The topological polar surface area (TPSA) is 0 Å². The minimum absolute atomic E-state index is 0.866. The molecule has 1 aromatic rings. The zero-order valence-corrected chi connectivity index (χ0v) is 14.9. The third-order valence-corrected chi connectivity index (χ3v) is 11.7. The van der Waals surface area contributed by atoms with Gasteiger partial charge in [-0.25, -0.2) is 0 Å². The van der Waals surface area contributed by atoms with Crippen molar-refractivity contribution in [2.24, 2.45) is 0 Å². The van der Waals surface area contributed by atoms with Crippen molar-refractivity contribution in [2.75, 3.05) is 0 Å². The van der Waals surface area contributed by atoms with E-state index in [9.17, 15) is 0 Å². The first kappa shape index (κ1) is 15.8. The molecule has 0 atom stereocenters. The van der Waals surface area contributed by atoms with Gasteiger partial charge in [0, 0.05) is 11.3 Å². The maximum atomic E-state index is 6.64. The van der Waals surface area contributed by atoms with Crippen LogP contribution in [-0.4, -0.2) is 11.3 Å². The number of aryl methyl sites for hydroxylation is 1. The highest BCUT2D eigenvalue weighted by Crippen LogP contribution is 2.74. The SMILES string of the molecule is CCc1cccc([P+]([CH-]Cl)(C2CCCC2)C2CCCC2)c1. The molecular formula is C19H28ClP. The van der Waals surface area contributed by atoms with Gasteiger partial charge >= 0.3 is 0 Å². The fourth-order valence-corrected chi connectivity index (χ4v) is 11.0. The van der Waals surface area contributed by atoms with Crippen LogP contribution in [0.25, 0.3) is 0 Å². The van der Waals surface area contributed by atoms with Crippen LogP contribution in [0.5, 0.6) is 0 Å². The lowest BCUT2D eigenvalue weighted by molar-refractivity contribution is 0.823. The van der Waals surface area contributed by atoms with Gasteiger partial charge in [-0.3, -0.25) is 0 Å². The minimum atomic E-state index is -1.32. The zero-order valence-electron chi connectivity index (χ0n) is 13.2. The van der Waals surface area contributed by atoms with Gasteiger partial charge in [0.15, 0.2) is 0 Å². The highest BCUT2D eigenvalue weighted by atomic mass is 35.5. The van der Waals surface area contributed by atoms with Crippen LogP contribution in [0.2, 0.25) is 0 Å². The monoisotopic (exact) mass is 322 g/mol. The van der Waals surface area contributed by atoms with Gasteiger partial charge in [0.05, 0.1) is 5.30 Å². The molecule has 0 unspecified atom stereocenters. The van der Waals surface area contributed by atoms with Crippen molar-refractivity contribution in [2.45, 2.75) is 76.0 Å². The van der Waals surface area contributed by atoms with Gasteiger partial charge < -0.3 is 11.6 Å². The van der Waals surface area contributed by atoms with Crippen LogP contribution in [0, 0.1) is 5.62 Å². The average molecular weight is 323 g/mol. The molecule has 0 nitrogen and oxygen atoms in total. The van der Waals surface area contributed by atoms with E-state index in [0.717, 1.165) is 17.7 Å². The average Bonchev–Trinajstić information content (AvgIpc) is 3.23. The molecule has 1 aromatic carbocycles. The summed E-state index contributed by atoms with van der Waals surface area (Å²) in [5.74, 6) is 0. The Morgan fingerprint density at radius 3 is 2.10 bits per heavy atom. The normalized spacial score (nSPS) is 21.2. The van der Waals surface area contributed by atoms with E-state index in [1.807, 2.05) is 0 Å². The molecule has 0 saturated heterocycles. The Hall–Kier alpha value is -0.0600. The van der Waals surface area contributed by atoms with Crippen molar-refractivity contribution in [3.8, 4) is 0 Å². The summed E-state index contributed by atoms with van der Waals surface area (Å²) < 4.78 is 0. The lowest BCUT2D eigenvalue weighted by Gasteiger charge is -2.44. The van der Waals surface area contributed by atoms with Gasteiger partial charge in [-0.1, -0.05) is 31.9 Å². The Labute approximate surface area is 136 Å². The van der Waals surface area contributed by atoms with E-state index in [1.165, 1.54) is 56.9 Å². The van der Waals surface area contributed by atoms with Crippen LogP contribution in [0.3, 0.4) is 0 Å². The van der Waals surface area contributed by atoms with Crippen LogP contribution < -0.4 is 5.30 Å². The molecule has 2 aliphatic carbocycles. The quantitative estimate of drug-likeness (QED) is 0.451. The Morgan fingerprint density at radius 2 is 1.62 bits per heavy atom. The maximum absolute atomic E-state index is 6.64. The van der Waals surface area contributed by atoms with Gasteiger partial charge in [-0.05, 0) is 75.5 Å². The number of hydrogen-bond acceptors (Lipinski definition) is 0. The van der Waals surface area contributed by atoms with Crippen molar-refractivity contribution in [3.63, 3.8) is 0 Å². The molecule has 0 aliphatic heterocycles. The molecule has 3 rings (SSSR count). The van der Waals surface area contributed by atoms with Crippen LogP contribution in [0.1, 0.15) is 63.9 Å². The molecule has 0 N–H and O–H groups in total. The van der Waals surface area contributed by atoms with Crippen LogP contribution in [-0.2, 0) is 6.42 Å². The minimum Gasteiger partial charge on any atom is -0.304 e. The van der Waals surface area contributed by atoms with E-state index in [4.69, 9.17) is 11.6 Å². The van der Waals surface area contributed by atoms with E-state index in [-0.39, 0.29) is 0 Å². The highest BCUT2D eigenvalue weighted by molar-refractivity contribution is 7.87. The van der Waals surface area contributed by atoms with Crippen molar-refractivity contribution in [1.29, 1.82) is 0 Å². The first-order valence-corrected chi connectivity index (χ1v) is 11.2. The van der Waals surface area contributed by atoms with E-state index >= 15 is 0 Å². The van der Waals surface area contributed by atoms with Crippen LogP contribution in [0.4, 0.5) is 0 Å². The van der Waals surface area contributed by atoms with E-state index < -0.39 is 7.26 Å². The summed E-state index contributed by atoms with van der Waals surface area (Å²) >= 11 is 6.64. The molecule has 0 bridgehead atoms. The van der Waals surface area contributed by atoms with E-state index in [0.29, 0.717) is 0 Å². The van der Waals surface area contributed by atoms with Crippen molar-refractivity contribution >= 4 is 24.2 Å². The van der Waals surface area contributed by atoms with Gasteiger partial charge in [-0.2, -0.15) is 0 Å². The van der Waals surface area contributed by atoms with E-state index in [1.54, 1.807) is 5.30 Å². The summed E-state index contributed by atoms with van der Waals surface area (Å²) in [5, 5.41) is 1.61. The first-order chi connectivity index (χ1) is 10.3. The molecule has 0 heterocycles. The standard InChI is InChI=1S/C19H28ClP/c1-2-16-8-7-13-19(14-16)21(15-20,17-9-3-4-10-17)18-11-5-6-12-18/h7-8,13-15,17-18H,2-6,9-12H2,1H3. The van der Waals surface area contributed by atoms with Gasteiger partial charge in [0.2, 0.25) is 0 Å². The number of benzene rings is 1. The lowest BCUT2D eigenvalue weighted by atomic mass is 10.2. The Balaban J connectivity index is 2.04. The van der Waals surface area contributed by atoms with Crippen molar-refractivity contribution < 1.29 is 0 Å². The second kappa shape index (κ2) is 7.01. The highest BCUT2D eigenvalue weighted by Gasteiger charge is 2.48. The largest absolute Gasteiger partial charge is 0.304 e. The second-order valence-electron chi connectivity index (χ2n) is 6.83. The zero-order chi connectivity index (χ0) is 14.7. The Kier molecular flexibility index (Phi) is 5.28. The van der Waals surface area contributed by atoms with Crippen LogP contribution in [0.15, 0.2) is 24.3 Å². The maximum Gasteiger partial charge on any atom is 0.0667 e. The molecule has 2 aliphatic rings. The van der Waals surface area contributed by atoms with Gasteiger partial charge in [0.1, 0.15) is 0 Å². The summed E-state index contributed by atoms with van der Waals surface area (Å²) in [4.78, 5) is 0. The first-order valence-electron chi connectivity index (χ1n) is 8.73. The molecule has 2 fully saturated rings. The fraction of sp³-hybridized carbons (Fsp3) is 0.632. The fourth-order valence-electron chi connectivity index (χ4n) is 4.62. The number of rotatable bonds is 5. The van der Waals surface area contributed by atoms with Crippen molar-refractivity contribution in [1.82, 2.24) is 0 Å². The predicted molar refractivity (Wildman–Crippen MR) is 97.0 cm³/mol. The third-order valence-electron chi connectivity index (χ3n) is 5.79. The molecule has 21 heavy (non-hydrogen) atoms. The Bertz CT molecular complexity index is 442. The second-order valence-corrected chi connectivity index (χ2v) is 11.3. The van der Waals surface area contributed by atoms with E-state index in [2.05, 4.69) is 36.8 Å². The molecule has 2 saturated carbocycles. The number of halogens is 1. The van der Waals surface area contributed by atoms with Gasteiger partial charge in [0.25, 0.3) is 0 Å². The van der Waals surface area contributed by atoms with Gasteiger partial charge in [-0.15, -0.1) is 0 Å². The molecule has 0 radical (unpaired) electrons. The summed E-state index contributed by atoms with van der Waals surface area (Å²) in [6.45, 7) is 2.26. The third kappa shape index (κ3) is 2.91. The summed E-state index contributed by atoms with van der Waals surface area (Å²) in [7, 11) is -1.32. The van der Waals surface area contributed by atoms with Crippen LogP contribution >= 0.6 is 18.9 Å². The number of hydrogen-bond donors (Lipinski definition) is 0. The smallest absolute Gasteiger partial charge is 0.0667 e. The Morgan fingerprint density at radius 1 is 1.05 bits per heavy atom. The molecular weight excluding hydrogens is 295 g/mol. The molecule has 0 spiro atoms. The lowest BCUT2D eigenvalue weighted by Crippen LogP contribution is -2.29. The molecule has 2 heteroatoms. The molecule has 116 valence electrons.